The maximum atomic E-state index is 13.1. The number of aromatic nitrogens is 3. The number of pyridine rings is 1. The van der Waals surface area contributed by atoms with Gasteiger partial charge in [-0.3, -0.25) is 4.98 Å². The number of benzene rings is 1. The number of rotatable bonds is 3. The number of halogens is 1. The summed E-state index contributed by atoms with van der Waals surface area (Å²) in [5.41, 5.74) is 3.11. The van der Waals surface area contributed by atoms with Gasteiger partial charge in [-0.05, 0) is 30.3 Å². The second kappa shape index (κ2) is 7.92. The molecule has 3 heterocycles. The van der Waals surface area contributed by atoms with Crippen molar-refractivity contribution in [1.82, 2.24) is 19.9 Å². The highest BCUT2D eigenvalue weighted by atomic mass is 35.5. The van der Waals surface area contributed by atoms with Gasteiger partial charge in [0.2, 0.25) is 0 Å². The van der Waals surface area contributed by atoms with Crippen LogP contribution < -0.4 is 5.32 Å². The molecule has 2 N–H and O–H groups in total. The number of ether oxygens (including phenoxy) is 1. The fourth-order valence-corrected chi connectivity index (χ4v) is 3.59. The summed E-state index contributed by atoms with van der Waals surface area (Å²) in [7, 11) is 1.27. The van der Waals surface area contributed by atoms with Gasteiger partial charge in [-0.1, -0.05) is 17.7 Å². The molecule has 8 nitrogen and oxygen atoms in total. The number of methoxy groups -OCH3 is 1. The summed E-state index contributed by atoms with van der Waals surface area (Å²) in [6.45, 7) is 0.486. The lowest BCUT2D eigenvalue weighted by molar-refractivity contribution is 0.0601. The van der Waals surface area contributed by atoms with Gasteiger partial charge in [0.05, 0.1) is 35.4 Å². The maximum absolute atomic E-state index is 13.1. The van der Waals surface area contributed by atoms with E-state index in [1.165, 1.54) is 13.2 Å². The summed E-state index contributed by atoms with van der Waals surface area (Å²) in [6.07, 6.45) is 3.97. The Morgan fingerprint density at radius 2 is 2.14 bits per heavy atom. The van der Waals surface area contributed by atoms with Crippen molar-refractivity contribution < 1.29 is 14.3 Å². The highest BCUT2D eigenvalue weighted by Crippen LogP contribution is 2.33. The van der Waals surface area contributed by atoms with Gasteiger partial charge in [0.25, 0.3) is 0 Å². The van der Waals surface area contributed by atoms with Crippen LogP contribution in [0.4, 0.5) is 10.5 Å². The van der Waals surface area contributed by atoms with Crippen LogP contribution in [0, 0.1) is 0 Å². The number of aromatic amines is 1. The number of hydrogen-bond donors (Lipinski definition) is 2. The number of urea groups is 1. The SMILES string of the molecule is COC(=O)c1cc(NC(=O)N2CCc3[nH]cnc3C2c2ccccn2)ccc1Cl. The van der Waals surface area contributed by atoms with Crippen LogP contribution in [0.1, 0.15) is 33.5 Å². The fourth-order valence-electron chi connectivity index (χ4n) is 3.40. The summed E-state index contributed by atoms with van der Waals surface area (Å²) in [6, 6.07) is 9.49. The summed E-state index contributed by atoms with van der Waals surface area (Å²) in [5.74, 6) is -0.573. The normalized spacial score (nSPS) is 15.5. The van der Waals surface area contributed by atoms with E-state index in [1.807, 2.05) is 18.2 Å². The van der Waals surface area contributed by atoms with E-state index in [4.69, 9.17) is 16.3 Å². The molecule has 1 unspecified atom stereocenters. The van der Waals surface area contributed by atoms with Crippen LogP contribution in [-0.4, -0.2) is 45.5 Å². The number of nitrogens with zero attached hydrogens (tertiary/aromatic N) is 3. The molecule has 1 aliphatic heterocycles. The topological polar surface area (TPSA) is 100 Å². The molecule has 1 aliphatic rings. The van der Waals surface area contributed by atoms with Gasteiger partial charge >= 0.3 is 12.0 Å². The molecule has 0 bridgehead atoms. The third kappa shape index (κ3) is 3.66. The van der Waals surface area contributed by atoms with Gasteiger partial charge in [-0.25, -0.2) is 14.6 Å². The molecule has 148 valence electrons. The van der Waals surface area contributed by atoms with Crippen molar-refractivity contribution in [3.63, 3.8) is 0 Å². The predicted molar refractivity (Wildman–Crippen MR) is 107 cm³/mol. The zero-order valence-electron chi connectivity index (χ0n) is 15.6. The van der Waals surface area contributed by atoms with Gasteiger partial charge in [0.1, 0.15) is 6.04 Å². The van der Waals surface area contributed by atoms with Gasteiger partial charge < -0.3 is 19.9 Å². The molecule has 0 fully saturated rings. The minimum atomic E-state index is -0.573. The number of nitrogens with one attached hydrogen (secondary N) is 2. The monoisotopic (exact) mass is 411 g/mol. The number of esters is 1. The van der Waals surface area contributed by atoms with Gasteiger partial charge in [-0.2, -0.15) is 0 Å². The van der Waals surface area contributed by atoms with E-state index in [2.05, 4.69) is 20.3 Å². The quantitative estimate of drug-likeness (QED) is 0.643. The third-order valence-electron chi connectivity index (χ3n) is 4.78. The zero-order chi connectivity index (χ0) is 20.4. The van der Waals surface area contributed by atoms with E-state index < -0.39 is 12.0 Å². The lowest BCUT2D eigenvalue weighted by Gasteiger charge is -2.34. The molecule has 4 rings (SSSR count). The van der Waals surface area contributed by atoms with Gasteiger partial charge in [0, 0.05) is 30.5 Å². The Kier molecular flexibility index (Phi) is 5.18. The zero-order valence-corrected chi connectivity index (χ0v) is 16.3. The first kappa shape index (κ1) is 18.9. The fraction of sp³-hybridized carbons (Fsp3) is 0.200. The summed E-state index contributed by atoms with van der Waals surface area (Å²) in [4.78, 5) is 38.6. The molecule has 3 aromatic rings. The molecule has 9 heteroatoms. The lowest BCUT2D eigenvalue weighted by Crippen LogP contribution is -2.43. The average molecular weight is 412 g/mol. The summed E-state index contributed by atoms with van der Waals surface area (Å²) >= 11 is 6.06. The van der Waals surface area contributed by atoms with Crippen molar-refractivity contribution in [3.05, 3.63) is 76.6 Å². The van der Waals surface area contributed by atoms with E-state index in [0.717, 1.165) is 17.1 Å². The molecule has 2 amide bonds. The Bertz CT molecular complexity index is 1050. The average Bonchev–Trinajstić information content (AvgIpc) is 3.23. The summed E-state index contributed by atoms with van der Waals surface area (Å²) < 4.78 is 4.73. The molecule has 2 aromatic heterocycles. The number of anilines is 1. The van der Waals surface area contributed by atoms with E-state index in [0.29, 0.717) is 18.7 Å². The molecule has 0 aliphatic carbocycles. The van der Waals surface area contributed by atoms with Crippen molar-refractivity contribution in [2.24, 2.45) is 0 Å². The van der Waals surface area contributed by atoms with Crippen molar-refractivity contribution in [2.75, 3.05) is 19.0 Å². The van der Waals surface area contributed by atoms with Crippen LogP contribution in [0.5, 0.6) is 0 Å². The minimum absolute atomic E-state index is 0.182. The predicted octanol–water partition coefficient (Wildman–Crippen LogP) is 3.42. The van der Waals surface area contributed by atoms with Crippen LogP contribution in [0.25, 0.3) is 0 Å². The minimum Gasteiger partial charge on any atom is -0.465 e. The van der Waals surface area contributed by atoms with E-state index in [9.17, 15) is 9.59 Å². The number of carbonyl (C=O) groups is 2. The van der Waals surface area contributed by atoms with Crippen molar-refractivity contribution in [3.8, 4) is 0 Å². The van der Waals surface area contributed by atoms with Crippen LogP contribution in [0.3, 0.4) is 0 Å². The molecule has 0 saturated heterocycles. The van der Waals surface area contributed by atoms with E-state index >= 15 is 0 Å². The van der Waals surface area contributed by atoms with Gasteiger partial charge in [-0.15, -0.1) is 0 Å². The molecule has 0 radical (unpaired) electrons. The Morgan fingerprint density at radius 3 is 2.90 bits per heavy atom. The highest BCUT2D eigenvalue weighted by molar-refractivity contribution is 6.33. The first-order valence-electron chi connectivity index (χ1n) is 8.97. The Balaban J connectivity index is 1.63. The van der Waals surface area contributed by atoms with Crippen molar-refractivity contribution in [2.45, 2.75) is 12.5 Å². The number of hydrogen-bond acceptors (Lipinski definition) is 5. The van der Waals surface area contributed by atoms with Crippen LogP contribution in [0.15, 0.2) is 48.9 Å². The first-order chi connectivity index (χ1) is 14.1. The van der Waals surface area contributed by atoms with Crippen molar-refractivity contribution in [1.29, 1.82) is 0 Å². The highest BCUT2D eigenvalue weighted by Gasteiger charge is 2.35. The van der Waals surface area contributed by atoms with E-state index in [-0.39, 0.29) is 16.6 Å². The number of amides is 2. The largest absolute Gasteiger partial charge is 0.465 e. The lowest BCUT2D eigenvalue weighted by atomic mass is 10.00. The second-order valence-electron chi connectivity index (χ2n) is 6.48. The Hall–Kier alpha value is -3.39. The van der Waals surface area contributed by atoms with Crippen molar-refractivity contribution >= 4 is 29.3 Å². The third-order valence-corrected chi connectivity index (χ3v) is 5.11. The standard InChI is InChI=1S/C20H18ClN5O3/c1-29-19(27)13-10-12(5-6-14(13)21)25-20(28)26-9-7-15-17(24-11-23-15)18(26)16-4-2-3-8-22-16/h2-6,8,10-11,18H,7,9H2,1H3,(H,23,24)(H,25,28). The van der Waals surface area contributed by atoms with E-state index in [1.54, 1.807) is 29.6 Å². The summed E-state index contributed by atoms with van der Waals surface area (Å²) in [5, 5.41) is 3.09. The van der Waals surface area contributed by atoms with Crippen LogP contribution >= 0.6 is 11.6 Å². The molecular weight excluding hydrogens is 394 g/mol. The second-order valence-corrected chi connectivity index (χ2v) is 6.89. The smallest absolute Gasteiger partial charge is 0.339 e. The molecular formula is C20H18ClN5O3. The molecule has 1 aromatic carbocycles. The van der Waals surface area contributed by atoms with Gasteiger partial charge in [0.15, 0.2) is 0 Å². The number of carbonyl (C=O) groups excluding carboxylic acids is 2. The molecule has 0 saturated carbocycles. The Labute approximate surface area is 171 Å². The molecule has 1 atom stereocenters. The number of imidazole rings is 1. The van der Waals surface area contributed by atoms with Crippen LogP contribution in [0.2, 0.25) is 5.02 Å². The number of fused-ring (bicyclic) bond motifs is 1. The number of H-pyrrole nitrogens is 1. The maximum Gasteiger partial charge on any atom is 0.339 e. The molecule has 0 spiro atoms. The molecule has 29 heavy (non-hydrogen) atoms. The first-order valence-corrected chi connectivity index (χ1v) is 9.35. The Morgan fingerprint density at radius 1 is 1.28 bits per heavy atom. The van der Waals surface area contributed by atoms with Crippen LogP contribution in [-0.2, 0) is 11.2 Å².